The van der Waals surface area contributed by atoms with Gasteiger partial charge in [0.05, 0.1) is 0 Å². The van der Waals surface area contributed by atoms with Gasteiger partial charge >= 0.3 is 12.5 Å². The summed E-state index contributed by atoms with van der Waals surface area (Å²) in [5, 5.41) is -0.488. The molecule has 0 saturated carbocycles. The van der Waals surface area contributed by atoms with Crippen molar-refractivity contribution in [1.82, 2.24) is 4.98 Å². The largest absolute Gasteiger partial charge is 0.573 e. The summed E-state index contributed by atoms with van der Waals surface area (Å²) in [5.74, 6) is -1.73. The van der Waals surface area contributed by atoms with E-state index in [2.05, 4.69) is 25.7 Å². The summed E-state index contributed by atoms with van der Waals surface area (Å²) in [5.41, 5.74) is -4.71. The minimum absolute atomic E-state index is 0.465. The van der Waals surface area contributed by atoms with Crippen molar-refractivity contribution in [2.45, 2.75) is 24.3 Å². The van der Waals surface area contributed by atoms with Gasteiger partial charge in [0.2, 0.25) is 0 Å². The minimum atomic E-state index is -5.47. The van der Waals surface area contributed by atoms with E-state index in [0.29, 0.717) is 6.20 Å². The monoisotopic (exact) mass is 373 g/mol. The van der Waals surface area contributed by atoms with Crippen molar-refractivity contribution >= 4 is 15.9 Å². The zero-order chi connectivity index (χ0) is 15.7. The standard InChI is InChI=1S/C9H4BrF8NO/c10-1-3-2-19-5(7(11)12)4(8(13,14)15)6(3)20-9(16,17)18/h2,7H,1H2. The average molecular weight is 374 g/mol. The number of halogens is 9. The van der Waals surface area contributed by atoms with E-state index in [4.69, 9.17) is 0 Å². The number of ether oxygens (including phenoxy) is 1. The number of nitrogens with zero attached hydrogens (tertiary/aromatic N) is 1. The fourth-order valence-corrected chi connectivity index (χ4v) is 1.71. The Morgan fingerprint density at radius 3 is 2.05 bits per heavy atom. The van der Waals surface area contributed by atoms with Gasteiger partial charge in [0.15, 0.2) is 0 Å². The molecule has 1 aromatic heterocycles. The zero-order valence-electron chi connectivity index (χ0n) is 9.12. The molecule has 0 atom stereocenters. The molecule has 0 amide bonds. The molecule has 2 nitrogen and oxygen atoms in total. The van der Waals surface area contributed by atoms with Crippen molar-refractivity contribution in [3.63, 3.8) is 0 Å². The second kappa shape index (κ2) is 5.70. The molecule has 1 aromatic rings. The van der Waals surface area contributed by atoms with E-state index in [9.17, 15) is 35.1 Å². The third kappa shape index (κ3) is 3.93. The number of aromatic nitrogens is 1. The van der Waals surface area contributed by atoms with Crippen molar-refractivity contribution in [3.8, 4) is 5.75 Å². The average Bonchev–Trinajstić information content (AvgIpc) is 2.24. The zero-order valence-corrected chi connectivity index (χ0v) is 10.7. The number of rotatable bonds is 3. The Labute approximate surface area is 114 Å². The molecule has 0 unspecified atom stereocenters. The second-order valence-corrected chi connectivity index (χ2v) is 3.91. The van der Waals surface area contributed by atoms with Gasteiger partial charge in [-0.2, -0.15) is 13.2 Å². The maximum atomic E-state index is 12.7. The molecule has 0 aliphatic rings. The maximum absolute atomic E-state index is 12.7. The quantitative estimate of drug-likeness (QED) is 0.559. The molecule has 0 radical (unpaired) electrons. The van der Waals surface area contributed by atoms with E-state index in [-0.39, 0.29) is 0 Å². The van der Waals surface area contributed by atoms with Gasteiger partial charge in [0, 0.05) is 17.1 Å². The lowest BCUT2D eigenvalue weighted by Crippen LogP contribution is -2.23. The fraction of sp³-hybridized carbons (Fsp3) is 0.444. The molecular weight excluding hydrogens is 370 g/mol. The van der Waals surface area contributed by atoms with E-state index in [1.54, 1.807) is 0 Å². The van der Waals surface area contributed by atoms with Crippen LogP contribution in [0.25, 0.3) is 0 Å². The van der Waals surface area contributed by atoms with E-state index in [1.807, 2.05) is 0 Å². The maximum Gasteiger partial charge on any atom is 0.573 e. The lowest BCUT2D eigenvalue weighted by molar-refractivity contribution is -0.276. The molecule has 0 aromatic carbocycles. The van der Waals surface area contributed by atoms with Crippen LogP contribution in [0.3, 0.4) is 0 Å². The summed E-state index contributed by atoms with van der Waals surface area (Å²) in [6.07, 6.45) is -14.2. The topological polar surface area (TPSA) is 22.1 Å². The van der Waals surface area contributed by atoms with Gasteiger partial charge in [-0.1, -0.05) is 15.9 Å². The Hall–Kier alpha value is -1.13. The van der Waals surface area contributed by atoms with Crippen LogP contribution in [-0.2, 0) is 11.5 Å². The molecule has 0 bridgehead atoms. The highest BCUT2D eigenvalue weighted by atomic mass is 79.9. The van der Waals surface area contributed by atoms with Crippen molar-refractivity contribution in [2.24, 2.45) is 0 Å². The Morgan fingerprint density at radius 2 is 1.70 bits per heavy atom. The molecule has 0 N–H and O–H groups in total. The van der Waals surface area contributed by atoms with Crippen LogP contribution in [0.1, 0.15) is 23.2 Å². The number of hydrogen-bond acceptors (Lipinski definition) is 2. The first-order valence-corrected chi connectivity index (χ1v) is 5.78. The first-order chi connectivity index (χ1) is 8.97. The van der Waals surface area contributed by atoms with Crippen LogP contribution in [0.4, 0.5) is 35.1 Å². The Balaban J connectivity index is 3.61. The van der Waals surface area contributed by atoms with Gasteiger partial charge in [-0.15, -0.1) is 13.2 Å². The van der Waals surface area contributed by atoms with Crippen molar-refractivity contribution in [3.05, 3.63) is 23.0 Å². The summed E-state index contributed by atoms with van der Waals surface area (Å²) in [4.78, 5) is 2.86. The minimum Gasteiger partial charge on any atom is -0.405 e. The smallest absolute Gasteiger partial charge is 0.405 e. The first-order valence-electron chi connectivity index (χ1n) is 4.66. The van der Waals surface area contributed by atoms with Crippen LogP contribution < -0.4 is 4.74 Å². The SMILES string of the molecule is FC(F)c1ncc(CBr)c(OC(F)(F)F)c1C(F)(F)F. The third-order valence-corrected chi connectivity index (χ3v) is 2.59. The summed E-state index contributed by atoms with van der Waals surface area (Å²) in [6.45, 7) is 0. The van der Waals surface area contributed by atoms with E-state index < -0.39 is 46.9 Å². The van der Waals surface area contributed by atoms with Crippen molar-refractivity contribution < 1.29 is 39.9 Å². The lowest BCUT2D eigenvalue weighted by Gasteiger charge is -2.20. The van der Waals surface area contributed by atoms with Crippen LogP contribution in [-0.4, -0.2) is 11.3 Å². The normalized spacial score (nSPS) is 12.9. The van der Waals surface area contributed by atoms with Crippen LogP contribution in [0.5, 0.6) is 5.75 Å². The van der Waals surface area contributed by atoms with Gasteiger partial charge in [0.25, 0.3) is 6.43 Å². The van der Waals surface area contributed by atoms with Crippen LogP contribution in [0, 0.1) is 0 Å². The van der Waals surface area contributed by atoms with E-state index in [0.717, 1.165) is 0 Å². The second-order valence-electron chi connectivity index (χ2n) is 3.35. The molecule has 11 heteroatoms. The molecule has 0 aliphatic carbocycles. The summed E-state index contributed by atoms with van der Waals surface area (Å²) < 4.78 is 103. The number of pyridine rings is 1. The molecular formula is C9H4BrF8NO. The van der Waals surface area contributed by atoms with Gasteiger partial charge in [-0.05, 0) is 0 Å². The Bertz CT molecular complexity index is 484. The predicted octanol–water partition coefficient (Wildman–Crippen LogP) is 4.83. The van der Waals surface area contributed by atoms with Crippen molar-refractivity contribution in [2.75, 3.05) is 0 Å². The highest BCUT2D eigenvalue weighted by Crippen LogP contribution is 2.44. The van der Waals surface area contributed by atoms with Gasteiger partial charge in [-0.25, -0.2) is 8.78 Å². The third-order valence-electron chi connectivity index (χ3n) is 1.99. The fourth-order valence-electron chi connectivity index (χ4n) is 1.31. The molecule has 0 fully saturated rings. The molecule has 1 rings (SSSR count). The summed E-state index contributed by atoms with van der Waals surface area (Å²) in [6, 6.07) is 0. The predicted molar refractivity (Wildman–Crippen MR) is 53.5 cm³/mol. The van der Waals surface area contributed by atoms with Gasteiger partial charge in [-0.3, -0.25) is 4.98 Å². The molecule has 0 saturated heterocycles. The number of hydrogen-bond donors (Lipinski definition) is 0. The highest BCUT2D eigenvalue weighted by molar-refractivity contribution is 9.08. The van der Waals surface area contributed by atoms with Crippen LogP contribution in [0.2, 0.25) is 0 Å². The van der Waals surface area contributed by atoms with Gasteiger partial charge < -0.3 is 4.74 Å². The molecule has 20 heavy (non-hydrogen) atoms. The lowest BCUT2D eigenvalue weighted by atomic mass is 10.1. The Morgan fingerprint density at radius 1 is 1.15 bits per heavy atom. The molecule has 0 aliphatic heterocycles. The van der Waals surface area contributed by atoms with Crippen LogP contribution >= 0.6 is 15.9 Å². The van der Waals surface area contributed by atoms with E-state index >= 15 is 0 Å². The molecule has 1 heterocycles. The Kier molecular flexibility index (Phi) is 4.82. The van der Waals surface area contributed by atoms with Crippen molar-refractivity contribution in [1.29, 1.82) is 0 Å². The molecule has 0 spiro atoms. The summed E-state index contributed by atoms with van der Waals surface area (Å²) in [7, 11) is 0. The highest BCUT2D eigenvalue weighted by Gasteiger charge is 2.44. The first kappa shape index (κ1) is 16.9. The number of alkyl halides is 9. The van der Waals surface area contributed by atoms with Crippen LogP contribution in [0.15, 0.2) is 6.20 Å². The van der Waals surface area contributed by atoms with Gasteiger partial charge in [0.1, 0.15) is 17.0 Å². The van der Waals surface area contributed by atoms with E-state index in [1.165, 1.54) is 0 Å². The summed E-state index contributed by atoms with van der Waals surface area (Å²) >= 11 is 2.64. The molecule has 114 valence electrons.